The van der Waals surface area contributed by atoms with Crippen LogP contribution in [-0.4, -0.2) is 11.7 Å². The molecule has 1 unspecified atom stereocenters. The van der Waals surface area contributed by atoms with Crippen LogP contribution in [0, 0.1) is 5.82 Å². The fraction of sp³-hybridized carbons (Fsp3) is 0.200. The van der Waals surface area contributed by atoms with Crippen molar-refractivity contribution < 1.29 is 9.50 Å². The van der Waals surface area contributed by atoms with Crippen molar-refractivity contribution in [3.8, 4) is 0 Å². The molecule has 0 heterocycles. The van der Waals surface area contributed by atoms with Crippen LogP contribution in [0.4, 0.5) is 10.1 Å². The van der Waals surface area contributed by atoms with Gasteiger partial charge in [0.25, 0.3) is 0 Å². The van der Waals surface area contributed by atoms with Crippen molar-refractivity contribution in [2.75, 3.05) is 11.9 Å². The van der Waals surface area contributed by atoms with E-state index >= 15 is 0 Å². The van der Waals surface area contributed by atoms with Gasteiger partial charge in [-0.1, -0.05) is 28.1 Å². The first kappa shape index (κ1) is 14.0. The lowest BCUT2D eigenvalue weighted by atomic mass is 9.92. The second-order valence-corrected chi connectivity index (χ2v) is 5.54. The highest BCUT2D eigenvalue weighted by molar-refractivity contribution is 9.10. The Bertz CT molecular complexity index is 541. The summed E-state index contributed by atoms with van der Waals surface area (Å²) in [4.78, 5) is 0. The van der Waals surface area contributed by atoms with Crippen LogP contribution in [0.5, 0.6) is 0 Å². The van der Waals surface area contributed by atoms with Crippen LogP contribution < -0.4 is 5.32 Å². The predicted molar refractivity (Wildman–Crippen MR) is 78.6 cm³/mol. The molecule has 0 radical (unpaired) electrons. The zero-order valence-corrected chi connectivity index (χ0v) is 12.1. The number of anilines is 1. The molecule has 2 rings (SSSR count). The molecule has 0 spiro atoms. The molecule has 0 bridgehead atoms. The topological polar surface area (TPSA) is 32.3 Å². The molecule has 0 saturated heterocycles. The Morgan fingerprint density at radius 2 is 1.68 bits per heavy atom. The zero-order chi connectivity index (χ0) is 13.9. The lowest BCUT2D eigenvalue weighted by Gasteiger charge is -2.30. The quantitative estimate of drug-likeness (QED) is 0.894. The molecular weight excluding hydrogens is 309 g/mol. The van der Waals surface area contributed by atoms with Gasteiger partial charge in [0.15, 0.2) is 0 Å². The lowest BCUT2D eigenvalue weighted by molar-refractivity contribution is 0.224. The number of rotatable bonds is 4. The Morgan fingerprint density at radius 1 is 1.11 bits per heavy atom. The van der Waals surface area contributed by atoms with E-state index in [4.69, 9.17) is 0 Å². The average molecular weight is 324 g/mol. The monoisotopic (exact) mass is 323 g/mol. The van der Waals surface area contributed by atoms with Gasteiger partial charge in [0.2, 0.25) is 0 Å². The van der Waals surface area contributed by atoms with Gasteiger partial charge >= 0.3 is 0 Å². The molecule has 2 nitrogen and oxygen atoms in total. The molecular formula is C15H15BrFNO. The van der Waals surface area contributed by atoms with Crippen LogP contribution in [0.2, 0.25) is 0 Å². The van der Waals surface area contributed by atoms with E-state index < -0.39 is 5.54 Å². The minimum absolute atomic E-state index is 0.0886. The maximum atomic E-state index is 13.0. The van der Waals surface area contributed by atoms with Crippen LogP contribution in [-0.2, 0) is 5.54 Å². The third-order valence-corrected chi connectivity index (χ3v) is 3.59. The molecule has 0 aliphatic heterocycles. The lowest BCUT2D eigenvalue weighted by Crippen LogP contribution is -2.35. The first-order valence-electron chi connectivity index (χ1n) is 5.94. The molecule has 2 aromatic rings. The first-order chi connectivity index (χ1) is 9.03. The van der Waals surface area contributed by atoms with Gasteiger partial charge in [-0.25, -0.2) is 4.39 Å². The normalized spacial score (nSPS) is 13.9. The van der Waals surface area contributed by atoms with Gasteiger partial charge in [0.1, 0.15) is 5.82 Å². The van der Waals surface area contributed by atoms with Crippen molar-refractivity contribution in [3.05, 3.63) is 64.4 Å². The summed E-state index contributed by atoms with van der Waals surface area (Å²) in [6.07, 6.45) is 0. The summed E-state index contributed by atoms with van der Waals surface area (Å²) in [5.74, 6) is -0.285. The van der Waals surface area contributed by atoms with Gasteiger partial charge in [-0.15, -0.1) is 0 Å². The van der Waals surface area contributed by atoms with E-state index in [0.717, 1.165) is 15.7 Å². The molecule has 2 N–H and O–H groups in total. The number of hydrogen-bond acceptors (Lipinski definition) is 2. The highest BCUT2D eigenvalue weighted by Crippen LogP contribution is 2.26. The van der Waals surface area contributed by atoms with Crippen molar-refractivity contribution in [2.45, 2.75) is 12.5 Å². The van der Waals surface area contributed by atoms with Gasteiger partial charge in [-0.2, -0.15) is 0 Å². The molecule has 0 aliphatic carbocycles. The Balaban J connectivity index is 2.27. The van der Waals surface area contributed by atoms with E-state index in [2.05, 4.69) is 21.2 Å². The van der Waals surface area contributed by atoms with Crippen LogP contribution in [0.1, 0.15) is 12.5 Å². The SMILES string of the molecule is CC(CO)(Nc1ccc(Br)cc1)c1ccc(F)cc1. The van der Waals surface area contributed by atoms with E-state index in [-0.39, 0.29) is 12.4 Å². The molecule has 1 atom stereocenters. The van der Waals surface area contributed by atoms with Crippen molar-refractivity contribution >= 4 is 21.6 Å². The van der Waals surface area contributed by atoms with Gasteiger partial charge in [-0.3, -0.25) is 0 Å². The molecule has 0 aromatic heterocycles. The molecule has 0 fully saturated rings. The summed E-state index contributed by atoms with van der Waals surface area (Å²) in [5.41, 5.74) is 1.07. The number of hydrogen-bond donors (Lipinski definition) is 2. The zero-order valence-electron chi connectivity index (χ0n) is 10.5. The van der Waals surface area contributed by atoms with Gasteiger partial charge in [-0.05, 0) is 48.9 Å². The van der Waals surface area contributed by atoms with E-state index in [0.29, 0.717) is 0 Å². The average Bonchev–Trinajstić information content (AvgIpc) is 2.42. The first-order valence-corrected chi connectivity index (χ1v) is 6.73. The van der Waals surface area contributed by atoms with Crippen molar-refractivity contribution in [1.82, 2.24) is 0 Å². The second kappa shape index (κ2) is 5.72. The highest BCUT2D eigenvalue weighted by Gasteiger charge is 2.25. The maximum Gasteiger partial charge on any atom is 0.123 e. The van der Waals surface area contributed by atoms with Crippen LogP contribution in [0.15, 0.2) is 53.0 Å². The highest BCUT2D eigenvalue weighted by atomic mass is 79.9. The van der Waals surface area contributed by atoms with Crippen molar-refractivity contribution in [2.24, 2.45) is 0 Å². The minimum atomic E-state index is -0.651. The predicted octanol–water partition coefficient (Wildman–Crippen LogP) is 3.91. The Morgan fingerprint density at radius 3 is 2.21 bits per heavy atom. The number of aliphatic hydroxyl groups excluding tert-OH is 1. The molecule has 0 saturated carbocycles. The molecule has 19 heavy (non-hydrogen) atoms. The van der Waals surface area contributed by atoms with Gasteiger partial charge in [0.05, 0.1) is 12.1 Å². The standard InChI is InChI=1S/C15H15BrFNO/c1-15(10-19,11-2-6-13(17)7-3-11)18-14-8-4-12(16)5-9-14/h2-9,18-19H,10H2,1H3. The number of benzene rings is 2. The fourth-order valence-electron chi connectivity index (χ4n) is 1.87. The largest absolute Gasteiger partial charge is 0.394 e. The van der Waals surface area contributed by atoms with E-state index in [1.165, 1.54) is 12.1 Å². The van der Waals surface area contributed by atoms with Crippen LogP contribution >= 0.6 is 15.9 Å². The molecule has 2 aromatic carbocycles. The number of halogens is 2. The van der Waals surface area contributed by atoms with Gasteiger partial charge in [0, 0.05) is 10.2 Å². The fourth-order valence-corrected chi connectivity index (χ4v) is 2.14. The van der Waals surface area contributed by atoms with Crippen molar-refractivity contribution in [1.29, 1.82) is 0 Å². The summed E-state index contributed by atoms with van der Waals surface area (Å²) in [6, 6.07) is 13.8. The van der Waals surface area contributed by atoms with E-state index in [1.807, 2.05) is 31.2 Å². The van der Waals surface area contributed by atoms with Crippen LogP contribution in [0.3, 0.4) is 0 Å². The summed E-state index contributed by atoms with van der Waals surface area (Å²) in [5, 5.41) is 12.9. The minimum Gasteiger partial charge on any atom is -0.394 e. The van der Waals surface area contributed by atoms with E-state index in [9.17, 15) is 9.50 Å². The maximum absolute atomic E-state index is 13.0. The summed E-state index contributed by atoms with van der Waals surface area (Å²) >= 11 is 3.38. The Hall–Kier alpha value is -1.39. The molecule has 100 valence electrons. The molecule has 0 amide bonds. The van der Waals surface area contributed by atoms with Crippen molar-refractivity contribution in [3.63, 3.8) is 0 Å². The summed E-state index contributed by atoms with van der Waals surface area (Å²) in [7, 11) is 0. The Kier molecular flexibility index (Phi) is 4.22. The summed E-state index contributed by atoms with van der Waals surface area (Å²) in [6.45, 7) is 1.79. The second-order valence-electron chi connectivity index (χ2n) is 4.63. The number of nitrogens with one attached hydrogen (secondary N) is 1. The Labute approximate surface area is 120 Å². The third kappa shape index (κ3) is 3.33. The van der Waals surface area contributed by atoms with Gasteiger partial charge < -0.3 is 10.4 Å². The molecule has 0 aliphatic rings. The van der Waals surface area contributed by atoms with Crippen LogP contribution in [0.25, 0.3) is 0 Å². The number of aliphatic hydroxyl groups is 1. The smallest absolute Gasteiger partial charge is 0.123 e. The summed E-state index contributed by atoms with van der Waals surface area (Å²) < 4.78 is 14.0. The van der Waals surface area contributed by atoms with E-state index in [1.54, 1.807) is 12.1 Å². The molecule has 4 heteroatoms. The third-order valence-electron chi connectivity index (χ3n) is 3.06.